The lowest BCUT2D eigenvalue weighted by Gasteiger charge is -2.39. The molecule has 1 aliphatic rings. The number of amides is 1. The molecule has 0 aromatic heterocycles. The Hall–Kier alpha value is -1.06. The summed E-state index contributed by atoms with van der Waals surface area (Å²) in [6.45, 7) is 7.97. The van der Waals surface area contributed by atoms with Crippen molar-refractivity contribution in [3.63, 3.8) is 0 Å². The lowest BCUT2D eigenvalue weighted by Crippen LogP contribution is -2.47. The fourth-order valence-electron chi connectivity index (χ4n) is 2.49. The first-order valence-electron chi connectivity index (χ1n) is 5.72. The predicted molar refractivity (Wildman–Crippen MR) is 60.9 cm³/mol. The molecular formula is C12H21NO3. The zero-order valence-corrected chi connectivity index (χ0v) is 10.5. The highest BCUT2D eigenvalue weighted by atomic mass is 16.4. The van der Waals surface area contributed by atoms with Crippen LogP contribution in [0.1, 0.15) is 40.5 Å². The molecule has 16 heavy (non-hydrogen) atoms. The maximum atomic E-state index is 12.1. The van der Waals surface area contributed by atoms with Crippen LogP contribution in [0.2, 0.25) is 0 Å². The summed E-state index contributed by atoms with van der Waals surface area (Å²) in [5.74, 6) is -0.655. The van der Waals surface area contributed by atoms with E-state index in [1.807, 2.05) is 6.92 Å². The van der Waals surface area contributed by atoms with Crippen molar-refractivity contribution in [3.05, 3.63) is 0 Å². The van der Waals surface area contributed by atoms with Crippen molar-refractivity contribution in [1.82, 2.24) is 5.32 Å². The van der Waals surface area contributed by atoms with E-state index in [0.717, 1.165) is 12.8 Å². The molecule has 4 nitrogen and oxygen atoms in total. The number of hydrogen-bond donors (Lipinski definition) is 2. The molecule has 0 spiro atoms. The van der Waals surface area contributed by atoms with E-state index in [4.69, 9.17) is 5.11 Å². The van der Waals surface area contributed by atoms with Gasteiger partial charge in [0, 0.05) is 0 Å². The van der Waals surface area contributed by atoms with Crippen LogP contribution in [0.25, 0.3) is 0 Å². The third-order valence-corrected chi connectivity index (χ3v) is 4.63. The Morgan fingerprint density at radius 3 is 2.31 bits per heavy atom. The summed E-state index contributed by atoms with van der Waals surface area (Å²) in [5, 5.41) is 11.1. The Morgan fingerprint density at radius 2 is 1.94 bits per heavy atom. The van der Waals surface area contributed by atoms with E-state index in [1.165, 1.54) is 0 Å². The summed E-state index contributed by atoms with van der Waals surface area (Å²) >= 11 is 0. The lowest BCUT2D eigenvalue weighted by atomic mass is 9.65. The SMILES string of the molecule is C[C@@H]1CC[C@@](C)(C(=O)NCC(=O)O)C1(C)C. The predicted octanol–water partition coefficient (Wildman–Crippen LogP) is 1.65. The van der Waals surface area contributed by atoms with E-state index >= 15 is 0 Å². The quantitative estimate of drug-likeness (QED) is 0.770. The molecular weight excluding hydrogens is 206 g/mol. The number of hydrogen-bond acceptors (Lipinski definition) is 2. The first-order chi connectivity index (χ1) is 7.22. The van der Waals surface area contributed by atoms with Gasteiger partial charge in [-0.3, -0.25) is 9.59 Å². The molecule has 4 heteroatoms. The molecule has 0 saturated heterocycles. The highest BCUT2D eigenvalue weighted by molar-refractivity contribution is 5.86. The number of nitrogens with one attached hydrogen (secondary N) is 1. The van der Waals surface area contributed by atoms with Crippen molar-refractivity contribution in [3.8, 4) is 0 Å². The monoisotopic (exact) mass is 227 g/mol. The number of rotatable bonds is 3. The van der Waals surface area contributed by atoms with Gasteiger partial charge in [0.05, 0.1) is 5.41 Å². The molecule has 0 aliphatic heterocycles. The molecule has 0 aromatic rings. The Bertz CT molecular complexity index is 311. The molecule has 2 N–H and O–H groups in total. The Labute approximate surface area is 96.4 Å². The molecule has 1 fully saturated rings. The Morgan fingerprint density at radius 1 is 1.38 bits per heavy atom. The molecule has 1 saturated carbocycles. The van der Waals surface area contributed by atoms with Crippen molar-refractivity contribution in [2.45, 2.75) is 40.5 Å². The minimum absolute atomic E-state index is 0.0877. The van der Waals surface area contributed by atoms with Crippen LogP contribution in [0, 0.1) is 16.7 Å². The summed E-state index contributed by atoms with van der Waals surface area (Å²) in [6.07, 6.45) is 1.84. The van der Waals surface area contributed by atoms with E-state index in [0.29, 0.717) is 5.92 Å². The Kier molecular flexibility index (Phi) is 3.31. The van der Waals surface area contributed by atoms with Crippen LogP contribution in [0.15, 0.2) is 0 Å². The average Bonchev–Trinajstić information content (AvgIpc) is 2.39. The van der Waals surface area contributed by atoms with Gasteiger partial charge in [-0.2, -0.15) is 0 Å². The van der Waals surface area contributed by atoms with Crippen LogP contribution in [-0.2, 0) is 9.59 Å². The minimum atomic E-state index is -0.999. The summed E-state index contributed by atoms with van der Waals surface area (Å²) in [5.41, 5.74) is -0.544. The maximum absolute atomic E-state index is 12.1. The largest absolute Gasteiger partial charge is 0.480 e. The normalized spacial score (nSPS) is 32.4. The van der Waals surface area contributed by atoms with Gasteiger partial charge in [0.25, 0.3) is 0 Å². The maximum Gasteiger partial charge on any atom is 0.322 e. The van der Waals surface area contributed by atoms with E-state index < -0.39 is 11.4 Å². The van der Waals surface area contributed by atoms with Gasteiger partial charge >= 0.3 is 5.97 Å². The second-order valence-electron chi connectivity index (χ2n) is 5.57. The molecule has 1 amide bonds. The minimum Gasteiger partial charge on any atom is -0.480 e. The van der Waals surface area contributed by atoms with Crippen LogP contribution >= 0.6 is 0 Å². The van der Waals surface area contributed by atoms with E-state index in [-0.39, 0.29) is 17.9 Å². The van der Waals surface area contributed by atoms with Gasteiger partial charge in [-0.05, 0) is 24.2 Å². The zero-order valence-electron chi connectivity index (χ0n) is 10.5. The molecule has 0 bridgehead atoms. The molecule has 1 rings (SSSR count). The summed E-state index contributed by atoms with van der Waals surface area (Å²) in [7, 11) is 0. The van der Waals surface area contributed by atoms with Crippen LogP contribution in [0.5, 0.6) is 0 Å². The fourth-order valence-corrected chi connectivity index (χ4v) is 2.49. The van der Waals surface area contributed by atoms with Crippen LogP contribution < -0.4 is 5.32 Å². The van der Waals surface area contributed by atoms with Gasteiger partial charge in [-0.25, -0.2) is 0 Å². The summed E-state index contributed by atoms with van der Waals surface area (Å²) in [6, 6.07) is 0. The molecule has 0 heterocycles. The Balaban J connectivity index is 2.78. The second kappa shape index (κ2) is 4.07. The van der Waals surface area contributed by atoms with E-state index in [2.05, 4.69) is 26.1 Å². The first kappa shape index (κ1) is 13.0. The molecule has 92 valence electrons. The third-order valence-electron chi connectivity index (χ3n) is 4.63. The third kappa shape index (κ3) is 1.93. The summed E-state index contributed by atoms with van der Waals surface area (Å²) < 4.78 is 0. The topological polar surface area (TPSA) is 66.4 Å². The van der Waals surface area contributed by atoms with E-state index in [1.54, 1.807) is 0 Å². The van der Waals surface area contributed by atoms with Crippen molar-refractivity contribution in [2.75, 3.05) is 6.54 Å². The van der Waals surface area contributed by atoms with Crippen LogP contribution in [-0.4, -0.2) is 23.5 Å². The van der Waals surface area contributed by atoms with Crippen molar-refractivity contribution < 1.29 is 14.7 Å². The molecule has 0 aromatic carbocycles. The lowest BCUT2D eigenvalue weighted by molar-refractivity contribution is -0.142. The zero-order chi connectivity index (χ0) is 12.6. The second-order valence-corrected chi connectivity index (χ2v) is 5.57. The van der Waals surface area contributed by atoms with E-state index in [9.17, 15) is 9.59 Å². The standard InChI is InChI=1S/C12H21NO3/c1-8-5-6-12(4,11(8,2)3)10(16)13-7-9(14)15/h8H,5-7H2,1-4H3,(H,13,16)(H,14,15)/t8-,12+/m1/s1. The average molecular weight is 227 g/mol. The first-order valence-corrected chi connectivity index (χ1v) is 5.72. The highest BCUT2D eigenvalue weighted by Crippen LogP contribution is 2.55. The van der Waals surface area contributed by atoms with Gasteiger partial charge in [-0.1, -0.05) is 27.7 Å². The number of carboxylic acids is 1. The van der Waals surface area contributed by atoms with Crippen LogP contribution in [0.4, 0.5) is 0 Å². The number of carbonyl (C=O) groups excluding carboxylic acids is 1. The van der Waals surface area contributed by atoms with Crippen LogP contribution in [0.3, 0.4) is 0 Å². The summed E-state index contributed by atoms with van der Waals surface area (Å²) in [4.78, 5) is 22.5. The molecule has 0 radical (unpaired) electrons. The van der Waals surface area contributed by atoms with Crippen molar-refractivity contribution in [1.29, 1.82) is 0 Å². The molecule has 0 unspecified atom stereocenters. The van der Waals surface area contributed by atoms with Crippen molar-refractivity contribution >= 4 is 11.9 Å². The number of aliphatic carboxylic acids is 1. The van der Waals surface area contributed by atoms with Gasteiger partial charge in [-0.15, -0.1) is 0 Å². The van der Waals surface area contributed by atoms with Gasteiger partial charge < -0.3 is 10.4 Å². The fraction of sp³-hybridized carbons (Fsp3) is 0.833. The molecule has 1 aliphatic carbocycles. The van der Waals surface area contributed by atoms with Gasteiger partial charge in [0.2, 0.25) is 5.91 Å². The van der Waals surface area contributed by atoms with Gasteiger partial charge in [0.1, 0.15) is 6.54 Å². The molecule has 2 atom stereocenters. The highest BCUT2D eigenvalue weighted by Gasteiger charge is 2.53. The van der Waals surface area contributed by atoms with Gasteiger partial charge in [0.15, 0.2) is 0 Å². The smallest absolute Gasteiger partial charge is 0.322 e. The van der Waals surface area contributed by atoms with Crippen molar-refractivity contribution in [2.24, 2.45) is 16.7 Å². The number of carboxylic acid groups (broad SMARTS) is 1. The number of carbonyl (C=O) groups is 2.